The van der Waals surface area contributed by atoms with Crippen molar-refractivity contribution in [1.82, 2.24) is 25.1 Å². The van der Waals surface area contributed by atoms with Gasteiger partial charge in [-0.2, -0.15) is 5.10 Å². The molecule has 7 rings (SSSR count). The highest BCUT2D eigenvalue weighted by molar-refractivity contribution is 5.88. The molecule has 2 bridgehead atoms. The molecule has 9 nitrogen and oxygen atoms in total. The first kappa shape index (κ1) is 20.9. The highest BCUT2D eigenvalue weighted by atomic mass is 19.1. The summed E-state index contributed by atoms with van der Waals surface area (Å²) in [5.74, 6) is -2.96. The topological polar surface area (TPSA) is 121 Å². The zero-order chi connectivity index (χ0) is 23.6. The number of rotatable bonds is 5. The first-order chi connectivity index (χ1) is 16.4. The summed E-state index contributed by atoms with van der Waals surface area (Å²) in [5, 5.41) is 20.2. The van der Waals surface area contributed by atoms with E-state index in [0.717, 1.165) is 31.9 Å². The largest absolute Gasteiger partial charge is 0.481 e. The molecule has 4 aliphatic carbocycles. The maximum atomic E-state index is 15.7. The number of fused-ring (bicyclic) bond motifs is 4. The normalized spacial score (nSPS) is 29.7. The van der Waals surface area contributed by atoms with E-state index in [9.17, 15) is 14.3 Å². The number of aromatic nitrogens is 5. The molecule has 0 aromatic carbocycles. The number of hydrogen-bond acceptors (Lipinski definition) is 6. The van der Waals surface area contributed by atoms with Crippen molar-refractivity contribution in [3.63, 3.8) is 0 Å². The van der Waals surface area contributed by atoms with Gasteiger partial charge in [-0.1, -0.05) is 0 Å². The molecule has 0 saturated heterocycles. The van der Waals surface area contributed by atoms with E-state index < -0.39 is 29.6 Å². The van der Waals surface area contributed by atoms with Crippen LogP contribution in [0.25, 0.3) is 27.4 Å². The van der Waals surface area contributed by atoms with Gasteiger partial charge in [-0.05, 0) is 43.6 Å². The number of nitrogens with zero attached hydrogens (tertiary/aromatic N) is 5. The highest BCUT2D eigenvalue weighted by Crippen LogP contribution is 2.48. The van der Waals surface area contributed by atoms with E-state index in [4.69, 9.17) is 6.57 Å². The lowest BCUT2D eigenvalue weighted by molar-refractivity contribution is -0.148. The Kier molecular flexibility index (Phi) is 4.72. The third kappa shape index (κ3) is 3.28. The lowest BCUT2D eigenvalue weighted by Crippen LogP contribution is -2.51. The van der Waals surface area contributed by atoms with E-state index in [0.29, 0.717) is 11.8 Å². The Morgan fingerprint density at radius 1 is 1.21 bits per heavy atom. The van der Waals surface area contributed by atoms with Crippen molar-refractivity contribution in [2.24, 2.45) is 17.8 Å². The van der Waals surface area contributed by atoms with Crippen LogP contribution in [-0.4, -0.2) is 48.3 Å². The van der Waals surface area contributed by atoms with Crippen LogP contribution in [0.1, 0.15) is 43.7 Å². The molecular formula is C23H21F2N7O2. The number of carbonyl (C=O) groups is 1. The fourth-order valence-electron chi connectivity index (χ4n) is 5.75. The fraction of sp³-hybridized carbons (Fsp3) is 0.478. The number of carboxylic acids is 1. The van der Waals surface area contributed by atoms with Crippen LogP contribution >= 0.6 is 0 Å². The van der Waals surface area contributed by atoms with Crippen molar-refractivity contribution in [2.45, 2.75) is 50.1 Å². The number of nitrogens with one attached hydrogen (secondary N) is 2. The molecule has 0 radical (unpaired) electrons. The Morgan fingerprint density at radius 2 is 1.97 bits per heavy atom. The second kappa shape index (κ2) is 7.68. The number of halogens is 2. The molecule has 0 aliphatic heterocycles. The predicted molar refractivity (Wildman–Crippen MR) is 117 cm³/mol. The molecular weight excluding hydrogens is 444 g/mol. The van der Waals surface area contributed by atoms with E-state index in [1.54, 1.807) is 0 Å². The standard InChI is InChI=1S/C23H21F2N7O2/c1-26-14-7-12(14)18-16(25)21(28-17-10-4-2-9(3-5-10)15(17)23(33)34)30-22(29-18)19-13-6-11(24)8-27-20(13)32-31-19/h6,8-10,12,14-15,17H,2-5,7H2,(H,33,34)(H,27,31,32)(H,28,29,30)/t9?,10?,12-,14-,15-,17-/m0/s1. The van der Waals surface area contributed by atoms with Crippen molar-refractivity contribution in [3.05, 3.63) is 41.0 Å². The Balaban J connectivity index is 1.46. The van der Waals surface area contributed by atoms with E-state index in [1.807, 2.05) is 0 Å². The Labute approximate surface area is 192 Å². The molecule has 3 aromatic rings. The summed E-state index contributed by atoms with van der Waals surface area (Å²) in [6, 6.07) is 0.434. The van der Waals surface area contributed by atoms with Gasteiger partial charge in [0.1, 0.15) is 11.5 Å². The zero-order valence-electron chi connectivity index (χ0n) is 18.0. The number of H-pyrrole nitrogens is 1. The molecule has 4 aliphatic rings. The van der Waals surface area contributed by atoms with Gasteiger partial charge in [0.15, 0.2) is 23.1 Å². The first-order valence-corrected chi connectivity index (χ1v) is 11.4. The third-order valence-electron chi connectivity index (χ3n) is 7.56. The summed E-state index contributed by atoms with van der Waals surface area (Å²) < 4.78 is 29.5. The van der Waals surface area contributed by atoms with Gasteiger partial charge in [-0.15, -0.1) is 0 Å². The first-order valence-electron chi connectivity index (χ1n) is 11.4. The number of aliphatic carboxylic acids is 1. The lowest BCUT2D eigenvalue weighted by Gasteiger charge is -2.47. The van der Waals surface area contributed by atoms with Gasteiger partial charge >= 0.3 is 5.97 Å². The van der Waals surface area contributed by atoms with Crippen LogP contribution in [0.15, 0.2) is 12.3 Å². The Morgan fingerprint density at radius 3 is 2.68 bits per heavy atom. The van der Waals surface area contributed by atoms with Gasteiger partial charge in [0.2, 0.25) is 6.04 Å². The lowest BCUT2D eigenvalue weighted by atomic mass is 9.61. The molecule has 3 aromatic heterocycles. The van der Waals surface area contributed by atoms with Crippen LogP contribution < -0.4 is 5.32 Å². The fourth-order valence-corrected chi connectivity index (χ4v) is 5.75. The SMILES string of the molecule is [C-]#[N+][C@H]1C[C@@H]1c1nc(-c2[nH]nc3ncc(F)cc23)nc(N[C@H]2C3CCC(CC3)[C@@H]2C(=O)O)c1F. The maximum Gasteiger partial charge on any atom is 0.308 e. The van der Waals surface area contributed by atoms with Gasteiger partial charge in [0.05, 0.1) is 29.1 Å². The molecule has 0 spiro atoms. The minimum Gasteiger partial charge on any atom is -0.481 e. The van der Waals surface area contributed by atoms with Crippen molar-refractivity contribution in [3.8, 4) is 11.5 Å². The van der Waals surface area contributed by atoms with Gasteiger partial charge < -0.3 is 15.3 Å². The quantitative estimate of drug-likeness (QED) is 0.491. The zero-order valence-corrected chi connectivity index (χ0v) is 18.0. The molecule has 4 fully saturated rings. The molecule has 0 amide bonds. The smallest absolute Gasteiger partial charge is 0.308 e. The van der Waals surface area contributed by atoms with E-state index >= 15 is 4.39 Å². The molecule has 4 atom stereocenters. The molecule has 4 saturated carbocycles. The Hall–Kier alpha value is -3.68. The monoisotopic (exact) mass is 465 g/mol. The summed E-state index contributed by atoms with van der Waals surface area (Å²) in [6.45, 7) is 7.30. The van der Waals surface area contributed by atoms with Crippen LogP contribution in [0.3, 0.4) is 0 Å². The highest BCUT2D eigenvalue weighted by Gasteiger charge is 2.50. The van der Waals surface area contributed by atoms with Gasteiger partial charge in [-0.3, -0.25) is 9.89 Å². The molecule has 11 heteroatoms. The average Bonchev–Trinajstić information content (AvgIpc) is 3.51. The number of pyridine rings is 1. The van der Waals surface area contributed by atoms with Crippen LogP contribution in [0, 0.1) is 36.0 Å². The van der Waals surface area contributed by atoms with E-state index in [1.165, 1.54) is 6.07 Å². The second-order valence-corrected chi connectivity index (χ2v) is 9.47. The van der Waals surface area contributed by atoms with Crippen LogP contribution in [0.4, 0.5) is 14.6 Å². The van der Waals surface area contributed by atoms with Crippen LogP contribution in [-0.2, 0) is 4.79 Å². The van der Waals surface area contributed by atoms with Gasteiger partial charge in [-0.25, -0.2) is 30.3 Å². The van der Waals surface area contributed by atoms with Crippen LogP contribution in [0.2, 0.25) is 0 Å². The predicted octanol–water partition coefficient (Wildman–Crippen LogP) is 3.77. The van der Waals surface area contributed by atoms with Crippen molar-refractivity contribution in [2.75, 3.05) is 5.32 Å². The maximum absolute atomic E-state index is 15.7. The van der Waals surface area contributed by atoms with Crippen molar-refractivity contribution in [1.29, 1.82) is 0 Å². The summed E-state index contributed by atoms with van der Waals surface area (Å²) in [6.07, 6.45) is 5.02. The Bertz CT molecular complexity index is 1350. The molecule has 34 heavy (non-hydrogen) atoms. The molecule has 3 N–H and O–H groups in total. The minimum absolute atomic E-state index is 0.0457. The molecule has 3 heterocycles. The minimum atomic E-state index is -0.891. The summed E-state index contributed by atoms with van der Waals surface area (Å²) >= 11 is 0. The van der Waals surface area contributed by atoms with Gasteiger partial charge in [0, 0.05) is 12.5 Å². The van der Waals surface area contributed by atoms with Crippen molar-refractivity contribution >= 4 is 22.8 Å². The third-order valence-corrected chi connectivity index (χ3v) is 7.56. The number of hydrogen-bond donors (Lipinski definition) is 3. The van der Waals surface area contributed by atoms with Gasteiger partial charge in [0.25, 0.3) is 0 Å². The molecule has 174 valence electrons. The number of carboxylic acid groups (broad SMARTS) is 1. The van der Waals surface area contributed by atoms with Crippen molar-refractivity contribution < 1.29 is 18.7 Å². The number of anilines is 1. The average molecular weight is 465 g/mol. The summed E-state index contributed by atoms with van der Waals surface area (Å²) in [5.41, 5.74) is 0.654. The second-order valence-electron chi connectivity index (χ2n) is 9.47. The van der Waals surface area contributed by atoms with Crippen LogP contribution in [0.5, 0.6) is 0 Å². The van der Waals surface area contributed by atoms with E-state index in [-0.39, 0.29) is 52.5 Å². The molecule has 0 unspecified atom stereocenters. The number of aromatic amines is 1. The summed E-state index contributed by atoms with van der Waals surface area (Å²) in [7, 11) is 0. The van der Waals surface area contributed by atoms with E-state index in [2.05, 4.69) is 35.3 Å². The summed E-state index contributed by atoms with van der Waals surface area (Å²) in [4.78, 5) is 28.3.